The maximum absolute atomic E-state index is 13.4. The summed E-state index contributed by atoms with van der Waals surface area (Å²) < 4.78 is 1.56. The van der Waals surface area contributed by atoms with Crippen molar-refractivity contribution in [3.05, 3.63) is 99.2 Å². The average molecular weight is 577 g/mol. The van der Waals surface area contributed by atoms with E-state index in [1.807, 2.05) is 43.3 Å². The minimum atomic E-state index is -0.600. The van der Waals surface area contributed by atoms with Crippen molar-refractivity contribution >= 4 is 28.6 Å². The first-order chi connectivity index (χ1) is 20.9. The highest BCUT2D eigenvalue weighted by molar-refractivity contribution is 6.05. The Morgan fingerprint density at radius 2 is 1.79 bits per heavy atom. The molecule has 2 saturated heterocycles. The highest BCUT2D eigenvalue weighted by atomic mass is 16.2. The number of aryl methyl sites for hydroxylation is 1. The molecule has 0 radical (unpaired) electrons. The number of nitrogens with one attached hydrogen (secondary N) is 1. The second-order valence-electron chi connectivity index (χ2n) is 11.7. The molecule has 1 N–H and O–H groups in total. The third kappa shape index (κ3) is 5.01. The van der Waals surface area contributed by atoms with Crippen molar-refractivity contribution in [2.24, 2.45) is 0 Å². The summed E-state index contributed by atoms with van der Waals surface area (Å²) in [6.45, 7) is 4.81. The van der Waals surface area contributed by atoms with Crippen molar-refractivity contribution < 1.29 is 14.4 Å². The zero-order chi connectivity index (χ0) is 29.7. The number of carbonyl (C=O) groups is 3. The Bertz CT molecular complexity index is 1830. The Kier molecular flexibility index (Phi) is 6.85. The second-order valence-corrected chi connectivity index (χ2v) is 11.7. The molecule has 1 unspecified atom stereocenters. The van der Waals surface area contributed by atoms with Crippen LogP contribution in [0.4, 0.5) is 0 Å². The largest absolute Gasteiger partial charge is 0.322 e. The monoisotopic (exact) mass is 576 g/mol. The Hall–Kier alpha value is -4.70. The van der Waals surface area contributed by atoms with E-state index in [2.05, 4.69) is 38.4 Å². The van der Waals surface area contributed by atoms with Gasteiger partial charge in [-0.25, -0.2) is 14.5 Å². The zero-order valence-corrected chi connectivity index (χ0v) is 24.0. The Labute approximate surface area is 248 Å². The summed E-state index contributed by atoms with van der Waals surface area (Å²) in [5.41, 5.74) is 4.46. The number of fused-ring (bicyclic) bond motifs is 2. The van der Waals surface area contributed by atoms with Crippen LogP contribution in [0.15, 0.2) is 65.6 Å². The number of rotatable bonds is 5. The summed E-state index contributed by atoms with van der Waals surface area (Å²) in [6.07, 6.45) is 4.27. The van der Waals surface area contributed by atoms with Gasteiger partial charge >= 0.3 is 0 Å². The third-order valence-corrected chi connectivity index (χ3v) is 8.99. The third-order valence-electron chi connectivity index (χ3n) is 8.99. The predicted octanol–water partition coefficient (Wildman–Crippen LogP) is 3.23. The maximum atomic E-state index is 13.4. The normalized spacial score (nSPS) is 19.6. The molecule has 0 saturated carbocycles. The van der Waals surface area contributed by atoms with Gasteiger partial charge in [0.05, 0.1) is 10.9 Å². The fourth-order valence-electron chi connectivity index (χ4n) is 6.73. The van der Waals surface area contributed by atoms with Gasteiger partial charge in [-0.2, -0.15) is 0 Å². The first-order valence-corrected chi connectivity index (χ1v) is 14.8. The lowest BCUT2D eigenvalue weighted by molar-refractivity contribution is -0.136. The highest BCUT2D eigenvalue weighted by Gasteiger charge is 2.39. The first-order valence-electron chi connectivity index (χ1n) is 14.8. The van der Waals surface area contributed by atoms with Crippen LogP contribution in [-0.4, -0.2) is 61.2 Å². The number of carbonyl (C=O) groups excluding carboxylic acids is 3. The first kappa shape index (κ1) is 27.2. The second kappa shape index (κ2) is 10.9. The van der Waals surface area contributed by atoms with Crippen LogP contribution in [0.5, 0.6) is 0 Å². The average Bonchev–Trinajstić information content (AvgIpc) is 3.33. The standard InChI is InChI=1S/C33H32N6O4/c1-20-35-27-8-5-21(16-26(27)33(43)39(20)29-4-2-3-13-34-29)18-37-14-11-22(12-15-37)23-6-7-25-24(17-23)19-38(32(25)42)28-9-10-30(40)36-31(28)41/h2-8,13,16-17,22,28H,9-12,14-15,18-19H2,1H3,(H,36,40,41). The van der Waals surface area contributed by atoms with Crippen molar-refractivity contribution in [3.8, 4) is 5.82 Å². The van der Waals surface area contributed by atoms with Crippen molar-refractivity contribution in [2.75, 3.05) is 13.1 Å². The number of likely N-dealkylation sites (tertiary alicyclic amines) is 1. The lowest BCUT2D eigenvalue weighted by atomic mass is 9.87. The van der Waals surface area contributed by atoms with Gasteiger partial charge in [-0.15, -0.1) is 0 Å². The van der Waals surface area contributed by atoms with Crippen LogP contribution in [0.1, 0.15) is 64.5 Å². The fourth-order valence-corrected chi connectivity index (χ4v) is 6.73. The number of amides is 3. The van der Waals surface area contributed by atoms with E-state index in [1.54, 1.807) is 15.7 Å². The van der Waals surface area contributed by atoms with Gasteiger partial charge in [-0.05, 0) is 92.2 Å². The number of hydrogen-bond donors (Lipinski definition) is 1. The molecule has 3 aliphatic heterocycles. The number of pyridine rings is 1. The molecule has 0 spiro atoms. The number of benzene rings is 2. The Morgan fingerprint density at radius 3 is 2.56 bits per heavy atom. The number of piperidine rings is 2. The van der Waals surface area contributed by atoms with Crippen molar-refractivity contribution in [2.45, 2.75) is 57.7 Å². The van der Waals surface area contributed by atoms with Crippen LogP contribution < -0.4 is 10.9 Å². The van der Waals surface area contributed by atoms with E-state index in [-0.39, 0.29) is 29.7 Å². The Morgan fingerprint density at radius 1 is 0.953 bits per heavy atom. The number of nitrogens with zero attached hydrogens (tertiary/aromatic N) is 5. The van der Waals surface area contributed by atoms with E-state index in [0.717, 1.165) is 43.6 Å². The molecule has 7 rings (SSSR count). The molecule has 218 valence electrons. The summed E-state index contributed by atoms with van der Waals surface area (Å²) in [4.78, 5) is 63.5. The topological polar surface area (TPSA) is 118 Å². The van der Waals surface area contributed by atoms with Gasteiger partial charge in [-0.1, -0.05) is 24.3 Å². The molecule has 3 amide bonds. The molecular formula is C33H32N6O4. The quantitative estimate of drug-likeness (QED) is 0.363. The van der Waals surface area contributed by atoms with E-state index < -0.39 is 6.04 Å². The van der Waals surface area contributed by atoms with Crippen LogP contribution in [0.25, 0.3) is 16.7 Å². The Balaban J connectivity index is 1.02. The number of hydrogen-bond acceptors (Lipinski definition) is 7. The summed E-state index contributed by atoms with van der Waals surface area (Å²) in [5, 5.41) is 2.95. The van der Waals surface area contributed by atoms with Gasteiger partial charge in [0.1, 0.15) is 17.7 Å². The molecule has 10 nitrogen and oxygen atoms in total. The zero-order valence-electron chi connectivity index (χ0n) is 24.0. The SMILES string of the molecule is Cc1nc2ccc(CN3CCC(c4ccc5c(c4)CN(C4CCC(=O)NC4=O)C5=O)CC3)cc2c(=O)n1-c1ccccn1. The molecule has 43 heavy (non-hydrogen) atoms. The molecule has 2 aromatic heterocycles. The van der Waals surface area contributed by atoms with Crippen LogP contribution in [0.2, 0.25) is 0 Å². The highest BCUT2D eigenvalue weighted by Crippen LogP contribution is 2.34. The molecule has 5 heterocycles. The van der Waals surface area contributed by atoms with Gasteiger partial charge in [0.15, 0.2) is 0 Å². The van der Waals surface area contributed by atoms with Crippen LogP contribution in [-0.2, 0) is 22.7 Å². The van der Waals surface area contributed by atoms with E-state index in [1.165, 1.54) is 5.56 Å². The van der Waals surface area contributed by atoms with E-state index in [9.17, 15) is 19.2 Å². The number of aromatic nitrogens is 3. The van der Waals surface area contributed by atoms with Crippen LogP contribution in [0, 0.1) is 6.92 Å². The molecule has 10 heteroatoms. The molecule has 3 aliphatic rings. The summed E-state index contributed by atoms with van der Waals surface area (Å²) in [7, 11) is 0. The molecule has 0 aliphatic carbocycles. The van der Waals surface area contributed by atoms with Crippen molar-refractivity contribution in [1.29, 1.82) is 0 Å². The molecule has 4 aromatic rings. The van der Waals surface area contributed by atoms with Crippen LogP contribution >= 0.6 is 0 Å². The van der Waals surface area contributed by atoms with Crippen LogP contribution in [0.3, 0.4) is 0 Å². The van der Waals surface area contributed by atoms with Gasteiger partial charge in [0, 0.05) is 31.3 Å². The lowest BCUT2D eigenvalue weighted by Gasteiger charge is -2.32. The van der Waals surface area contributed by atoms with Crippen molar-refractivity contribution in [3.63, 3.8) is 0 Å². The van der Waals surface area contributed by atoms with Crippen molar-refractivity contribution in [1.82, 2.24) is 29.7 Å². The summed E-state index contributed by atoms with van der Waals surface area (Å²) in [6, 6.07) is 16.9. The summed E-state index contributed by atoms with van der Waals surface area (Å²) in [5.74, 6) is 0.739. The van der Waals surface area contributed by atoms with Gasteiger partial charge in [0.25, 0.3) is 11.5 Å². The van der Waals surface area contributed by atoms with Gasteiger partial charge in [-0.3, -0.25) is 29.4 Å². The van der Waals surface area contributed by atoms with E-state index in [4.69, 9.17) is 0 Å². The predicted molar refractivity (Wildman–Crippen MR) is 160 cm³/mol. The number of imide groups is 1. The fraction of sp³-hybridized carbons (Fsp3) is 0.333. The lowest BCUT2D eigenvalue weighted by Crippen LogP contribution is -2.52. The maximum Gasteiger partial charge on any atom is 0.267 e. The minimum Gasteiger partial charge on any atom is -0.322 e. The molecular weight excluding hydrogens is 544 g/mol. The smallest absolute Gasteiger partial charge is 0.267 e. The molecule has 1 atom stereocenters. The molecule has 2 fully saturated rings. The van der Waals surface area contributed by atoms with E-state index >= 15 is 0 Å². The molecule has 0 bridgehead atoms. The molecule has 2 aromatic carbocycles. The van der Waals surface area contributed by atoms with Gasteiger partial charge in [0.2, 0.25) is 11.8 Å². The van der Waals surface area contributed by atoms with E-state index in [0.29, 0.717) is 47.0 Å². The summed E-state index contributed by atoms with van der Waals surface area (Å²) >= 11 is 0. The minimum absolute atomic E-state index is 0.118. The van der Waals surface area contributed by atoms with Gasteiger partial charge < -0.3 is 4.90 Å².